The molecule has 0 saturated carbocycles. The number of para-hydroxylation sites is 1. The Morgan fingerprint density at radius 1 is 1.23 bits per heavy atom. The van der Waals surface area contributed by atoms with Crippen LogP contribution in [0.15, 0.2) is 48.0 Å². The summed E-state index contributed by atoms with van der Waals surface area (Å²) in [5.41, 5.74) is 9.22. The quantitative estimate of drug-likeness (QED) is 0.452. The number of nitrogens with two attached hydrogens (primary N) is 1. The molecular formula is C18H15N3S. The lowest BCUT2D eigenvalue weighted by atomic mass is 10.1. The van der Waals surface area contributed by atoms with Crippen molar-refractivity contribution in [2.75, 3.05) is 0 Å². The maximum atomic E-state index is 9.10. The molecule has 0 amide bonds. The summed E-state index contributed by atoms with van der Waals surface area (Å²) in [6.45, 7) is 3.05. The van der Waals surface area contributed by atoms with Gasteiger partial charge in [-0.3, -0.25) is 0 Å². The van der Waals surface area contributed by atoms with Crippen LogP contribution < -0.4 is 5.73 Å². The number of aromatic nitrogens is 1. The van der Waals surface area contributed by atoms with Gasteiger partial charge in [0.05, 0.1) is 5.57 Å². The summed E-state index contributed by atoms with van der Waals surface area (Å²) < 4.78 is 2.29. The minimum Gasteiger partial charge on any atom is -0.389 e. The predicted molar refractivity (Wildman–Crippen MR) is 95.5 cm³/mol. The molecule has 108 valence electrons. The van der Waals surface area contributed by atoms with E-state index >= 15 is 0 Å². The van der Waals surface area contributed by atoms with Gasteiger partial charge in [-0.2, -0.15) is 5.26 Å². The third kappa shape index (κ3) is 2.26. The SMILES string of the molecule is CCn1c2ccccc2c2cc(/C=C(/C#N)C(N)=S)ccc21. The van der Waals surface area contributed by atoms with Crippen LogP contribution in [0.4, 0.5) is 0 Å². The minimum atomic E-state index is 0.124. The Hall–Kier alpha value is -2.64. The maximum Gasteiger partial charge on any atom is 0.114 e. The van der Waals surface area contributed by atoms with E-state index in [9.17, 15) is 0 Å². The third-order valence-corrected chi connectivity index (χ3v) is 4.03. The second-order valence-electron chi connectivity index (χ2n) is 5.07. The van der Waals surface area contributed by atoms with Gasteiger partial charge >= 0.3 is 0 Å². The minimum absolute atomic E-state index is 0.124. The number of hydrogen-bond acceptors (Lipinski definition) is 2. The van der Waals surface area contributed by atoms with Crippen molar-refractivity contribution < 1.29 is 0 Å². The molecule has 3 rings (SSSR count). The van der Waals surface area contributed by atoms with E-state index < -0.39 is 0 Å². The lowest BCUT2D eigenvalue weighted by molar-refractivity contribution is 0.827. The van der Waals surface area contributed by atoms with Crippen LogP contribution >= 0.6 is 12.2 Å². The van der Waals surface area contributed by atoms with Crippen molar-refractivity contribution in [2.45, 2.75) is 13.5 Å². The van der Waals surface area contributed by atoms with E-state index in [1.54, 1.807) is 6.08 Å². The van der Waals surface area contributed by atoms with Crippen LogP contribution in [0.25, 0.3) is 27.9 Å². The summed E-state index contributed by atoms with van der Waals surface area (Å²) in [7, 11) is 0. The standard InChI is InChI=1S/C18H15N3S/c1-2-21-16-6-4-3-5-14(16)15-10-12(7-8-17(15)21)9-13(11-19)18(20)22/h3-10H,2H2,1H3,(H2,20,22)/b13-9-. The Balaban J connectivity index is 2.29. The third-order valence-electron chi connectivity index (χ3n) is 3.81. The molecule has 0 atom stereocenters. The first-order chi connectivity index (χ1) is 10.7. The van der Waals surface area contributed by atoms with Crippen molar-refractivity contribution in [3.8, 4) is 6.07 Å². The van der Waals surface area contributed by atoms with E-state index in [1.807, 2.05) is 18.2 Å². The van der Waals surface area contributed by atoms with Crippen molar-refractivity contribution in [2.24, 2.45) is 5.73 Å². The van der Waals surface area contributed by atoms with Gasteiger partial charge in [0.2, 0.25) is 0 Å². The molecule has 0 bridgehead atoms. The van der Waals surface area contributed by atoms with E-state index in [4.69, 9.17) is 23.2 Å². The predicted octanol–water partition coefficient (Wildman–Crippen LogP) is 4.01. The van der Waals surface area contributed by atoms with Gasteiger partial charge in [-0.25, -0.2) is 0 Å². The molecule has 1 heterocycles. The molecule has 3 aromatic rings. The van der Waals surface area contributed by atoms with Gasteiger partial charge in [-0.05, 0) is 36.8 Å². The van der Waals surface area contributed by atoms with E-state index in [0.717, 1.165) is 12.1 Å². The van der Waals surface area contributed by atoms with Crippen LogP contribution in [0, 0.1) is 11.3 Å². The zero-order chi connectivity index (χ0) is 15.7. The van der Waals surface area contributed by atoms with Crippen LogP contribution in [0.2, 0.25) is 0 Å². The highest BCUT2D eigenvalue weighted by Crippen LogP contribution is 2.30. The molecule has 2 aromatic carbocycles. The highest BCUT2D eigenvalue weighted by atomic mass is 32.1. The molecule has 1 aromatic heterocycles. The Morgan fingerprint density at radius 3 is 2.64 bits per heavy atom. The molecule has 0 fully saturated rings. The highest BCUT2D eigenvalue weighted by Gasteiger charge is 2.09. The molecule has 0 unspecified atom stereocenters. The molecule has 0 saturated heterocycles. The summed E-state index contributed by atoms with van der Waals surface area (Å²) in [6, 6.07) is 16.5. The number of rotatable bonds is 3. The van der Waals surface area contributed by atoms with Gasteiger partial charge in [0.1, 0.15) is 11.1 Å². The van der Waals surface area contributed by atoms with Crippen molar-refractivity contribution in [3.63, 3.8) is 0 Å². The van der Waals surface area contributed by atoms with Crippen LogP contribution in [0.1, 0.15) is 12.5 Å². The molecule has 0 spiro atoms. The normalized spacial score (nSPS) is 11.7. The fourth-order valence-corrected chi connectivity index (χ4v) is 2.93. The first-order valence-corrected chi connectivity index (χ1v) is 7.49. The fourth-order valence-electron chi connectivity index (χ4n) is 2.83. The summed E-state index contributed by atoms with van der Waals surface area (Å²) in [5.74, 6) is 0. The second-order valence-corrected chi connectivity index (χ2v) is 5.51. The van der Waals surface area contributed by atoms with Crippen molar-refractivity contribution >= 4 is 45.1 Å². The number of thiocarbonyl (C=S) groups is 1. The van der Waals surface area contributed by atoms with Gasteiger partial charge in [0, 0.05) is 28.4 Å². The van der Waals surface area contributed by atoms with Gasteiger partial charge in [0.25, 0.3) is 0 Å². The van der Waals surface area contributed by atoms with Gasteiger partial charge in [0.15, 0.2) is 0 Å². The number of nitriles is 1. The largest absolute Gasteiger partial charge is 0.389 e. The first-order valence-electron chi connectivity index (χ1n) is 7.08. The zero-order valence-electron chi connectivity index (χ0n) is 12.2. The van der Waals surface area contributed by atoms with E-state index in [-0.39, 0.29) is 4.99 Å². The van der Waals surface area contributed by atoms with Crippen LogP contribution in [0.5, 0.6) is 0 Å². The highest BCUT2D eigenvalue weighted by molar-refractivity contribution is 7.80. The molecule has 0 aliphatic carbocycles. The van der Waals surface area contributed by atoms with Crippen LogP contribution in [0.3, 0.4) is 0 Å². The molecule has 4 heteroatoms. The second kappa shape index (κ2) is 5.63. The Labute approximate surface area is 134 Å². The number of aryl methyl sites for hydroxylation is 1. The zero-order valence-corrected chi connectivity index (χ0v) is 13.0. The summed E-state index contributed by atoms with van der Waals surface area (Å²) in [6.07, 6.45) is 1.74. The molecule has 2 N–H and O–H groups in total. The number of nitrogens with zero attached hydrogens (tertiary/aromatic N) is 2. The Bertz CT molecular complexity index is 958. The van der Waals surface area contributed by atoms with Crippen LogP contribution in [-0.2, 0) is 6.54 Å². The monoisotopic (exact) mass is 305 g/mol. The summed E-state index contributed by atoms with van der Waals surface area (Å²) in [5, 5.41) is 11.5. The Kier molecular flexibility index (Phi) is 3.66. The average Bonchev–Trinajstić information content (AvgIpc) is 2.85. The number of benzene rings is 2. The topological polar surface area (TPSA) is 54.7 Å². The number of hydrogen-bond donors (Lipinski definition) is 1. The Morgan fingerprint density at radius 2 is 1.95 bits per heavy atom. The van der Waals surface area contributed by atoms with Gasteiger partial charge in [-0.15, -0.1) is 0 Å². The molecule has 22 heavy (non-hydrogen) atoms. The fraction of sp³-hybridized carbons (Fsp3) is 0.111. The number of fused-ring (bicyclic) bond motifs is 3. The molecule has 0 radical (unpaired) electrons. The van der Waals surface area contributed by atoms with Crippen molar-refractivity contribution in [1.29, 1.82) is 5.26 Å². The van der Waals surface area contributed by atoms with E-state index in [0.29, 0.717) is 5.57 Å². The maximum absolute atomic E-state index is 9.10. The average molecular weight is 305 g/mol. The van der Waals surface area contributed by atoms with Gasteiger partial charge < -0.3 is 10.3 Å². The van der Waals surface area contributed by atoms with Crippen molar-refractivity contribution in [1.82, 2.24) is 4.57 Å². The van der Waals surface area contributed by atoms with Crippen LogP contribution in [-0.4, -0.2) is 9.56 Å². The van der Waals surface area contributed by atoms with E-state index in [1.165, 1.54) is 21.8 Å². The lowest BCUT2D eigenvalue weighted by Gasteiger charge is -2.03. The molecule has 0 aliphatic rings. The van der Waals surface area contributed by atoms with Crippen molar-refractivity contribution in [3.05, 3.63) is 53.6 Å². The smallest absolute Gasteiger partial charge is 0.114 e. The lowest BCUT2D eigenvalue weighted by Crippen LogP contribution is -2.09. The summed E-state index contributed by atoms with van der Waals surface area (Å²) >= 11 is 4.89. The van der Waals surface area contributed by atoms with Gasteiger partial charge in [-0.1, -0.05) is 36.5 Å². The molecule has 3 nitrogen and oxygen atoms in total. The molecule has 0 aliphatic heterocycles. The first kappa shape index (κ1) is 14.3. The molecular weight excluding hydrogens is 290 g/mol. The van der Waals surface area contributed by atoms with E-state index in [2.05, 4.69) is 41.8 Å². The summed E-state index contributed by atoms with van der Waals surface area (Å²) in [4.78, 5) is 0.124.